The van der Waals surface area contributed by atoms with Gasteiger partial charge in [-0.2, -0.15) is 5.10 Å². The van der Waals surface area contributed by atoms with E-state index in [0.29, 0.717) is 11.6 Å². The SMILES string of the molecule is CC(C)(CO)NC(=O)C1=NN=C2C1CC1CC21. The van der Waals surface area contributed by atoms with Gasteiger partial charge in [0.25, 0.3) is 5.91 Å². The summed E-state index contributed by atoms with van der Waals surface area (Å²) in [5, 5.41) is 20.1. The molecule has 1 amide bonds. The molecule has 3 unspecified atom stereocenters. The third-order valence-corrected chi connectivity index (χ3v) is 3.88. The highest BCUT2D eigenvalue weighted by Gasteiger charge is 2.55. The molecule has 0 radical (unpaired) electrons. The Bertz CT molecular complexity index is 439. The van der Waals surface area contributed by atoms with Crippen LogP contribution in [0, 0.1) is 17.8 Å². The number of carbonyl (C=O) groups excluding carboxylic acids is 1. The summed E-state index contributed by atoms with van der Waals surface area (Å²) in [6, 6.07) is 0. The predicted molar refractivity (Wildman–Crippen MR) is 63.9 cm³/mol. The maximum atomic E-state index is 12.1. The second-order valence-corrected chi connectivity index (χ2v) is 5.90. The number of aliphatic hydroxyl groups is 1. The number of amides is 1. The highest BCUT2D eigenvalue weighted by molar-refractivity contribution is 6.45. The molecular weight excluding hydrogens is 218 g/mol. The molecule has 0 bridgehead atoms. The molecule has 0 spiro atoms. The fraction of sp³-hybridized carbons (Fsp3) is 0.750. The molecule has 3 rings (SSSR count). The molecule has 92 valence electrons. The summed E-state index contributed by atoms with van der Waals surface area (Å²) in [5.74, 6) is 1.30. The van der Waals surface area contributed by atoms with Crippen molar-refractivity contribution in [1.82, 2.24) is 5.32 Å². The van der Waals surface area contributed by atoms with Crippen molar-refractivity contribution in [2.24, 2.45) is 28.0 Å². The summed E-state index contributed by atoms with van der Waals surface area (Å²) in [6.45, 7) is 3.48. The summed E-state index contributed by atoms with van der Waals surface area (Å²) in [6.07, 6.45) is 2.25. The Morgan fingerprint density at radius 3 is 2.94 bits per heavy atom. The maximum absolute atomic E-state index is 12.1. The Hall–Kier alpha value is -1.23. The van der Waals surface area contributed by atoms with Crippen LogP contribution in [0.4, 0.5) is 0 Å². The first-order chi connectivity index (χ1) is 8.02. The summed E-state index contributed by atoms with van der Waals surface area (Å²) in [4.78, 5) is 12.1. The van der Waals surface area contributed by atoms with Crippen molar-refractivity contribution in [3.8, 4) is 0 Å². The van der Waals surface area contributed by atoms with Gasteiger partial charge >= 0.3 is 0 Å². The standard InChI is InChI=1S/C12H17N3O2/c1-12(2,5-16)13-11(17)10-8-4-6-3-7(6)9(8)14-15-10/h6-8,16H,3-5H2,1-2H3,(H,13,17). The van der Waals surface area contributed by atoms with Crippen molar-refractivity contribution in [2.45, 2.75) is 32.2 Å². The van der Waals surface area contributed by atoms with E-state index in [9.17, 15) is 4.79 Å². The maximum Gasteiger partial charge on any atom is 0.268 e. The van der Waals surface area contributed by atoms with Gasteiger partial charge in [-0.15, -0.1) is 5.10 Å². The number of fused-ring (bicyclic) bond motifs is 3. The van der Waals surface area contributed by atoms with Gasteiger partial charge in [-0.1, -0.05) is 0 Å². The summed E-state index contributed by atoms with van der Waals surface area (Å²) < 4.78 is 0. The molecule has 0 aromatic carbocycles. The Labute approximate surface area is 100 Å². The number of hydrogen-bond acceptors (Lipinski definition) is 4. The highest BCUT2D eigenvalue weighted by atomic mass is 16.3. The minimum Gasteiger partial charge on any atom is -0.394 e. The van der Waals surface area contributed by atoms with Gasteiger partial charge in [0, 0.05) is 11.8 Å². The van der Waals surface area contributed by atoms with Gasteiger partial charge in [0.1, 0.15) is 5.71 Å². The second kappa shape index (κ2) is 3.38. The Kier molecular flexibility index (Phi) is 2.17. The topological polar surface area (TPSA) is 74.0 Å². The van der Waals surface area contributed by atoms with Gasteiger partial charge in [0.2, 0.25) is 0 Å². The fourth-order valence-corrected chi connectivity index (χ4v) is 2.74. The van der Waals surface area contributed by atoms with E-state index in [4.69, 9.17) is 5.11 Å². The molecule has 5 nitrogen and oxygen atoms in total. The van der Waals surface area contributed by atoms with Crippen LogP contribution < -0.4 is 5.32 Å². The van der Waals surface area contributed by atoms with Crippen LogP contribution in [0.5, 0.6) is 0 Å². The van der Waals surface area contributed by atoms with Crippen LogP contribution in [-0.2, 0) is 4.79 Å². The zero-order valence-corrected chi connectivity index (χ0v) is 10.1. The van der Waals surface area contributed by atoms with Gasteiger partial charge in [0.15, 0.2) is 0 Å². The monoisotopic (exact) mass is 235 g/mol. The Balaban J connectivity index is 1.69. The van der Waals surface area contributed by atoms with Crippen LogP contribution in [0.1, 0.15) is 26.7 Å². The quantitative estimate of drug-likeness (QED) is 0.740. The number of nitrogens with zero attached hydrogens (tertiary/aromatic N) is 2. The van der Waals surface area contributed by atoms with E-state index in [1.54, 1.807) is 13.8 Å². The number of carbonyl (C=O) groups is 1. The Morgan fingerprint density at radius 2 is 2.24 bits per heavy atom. The smallest absolute Gasteiger partial charge is 0.268 e. The molecule has 2 saturated carbocycles. The molecule has 17 heavy (non-hydrogen) atoms. The van der Waals surface area contributed by atoms with Crippen molar-refractivity contribution in [3.63, 3.8) is 0 Å². The third-order valence-electron chi connectivity index (χ3n) is 3.88. The van der Waals surface area contributed by atoms with Gasteiger partial charge < -0.3 is 10.4 Å². The average Bonchev–Trinajstić information content (AvgIpc) is 2.75. The van der Waals surface area contributed by atoms with Crippen LogP contribution >= 0.6 is 0 Å². The van der Waals surface area contributed by atoms with E-state index in [-0.39, 0.29) is 18.4 Å². The van der Waals surface area contributed by atoms with Gasteiger partial charge in [0.05, 0.1) is 17.9 Å². The minimum absolute atomic E-state index is 0.0876. The van der Waals surface area contributed by atoms with E-state index in [1.807, 2.05) is 0 Å². The normalized spacial score (nSPS) is 33.7. The van der Waals surface area contributed by atoms with Crippen molar-refractivity contribution in [2.75, 3.05) is 6.61 Å². The van der Waals surface area contributed by atoms with E-state index in [2.05, 4.69) is 15.5 Å². The first-order valence-electron chi connectivity index (χ1n) is 6.10. The van der Waals surface area contributed by atoms with Crippen molar-refractivity contribution >= 4 is 17.3 Å². The molecule has 5 heteroatoms. The van der Waals surface area contributed by atoms with Crippen LogP contribution in [0.25, 0.3) is 0 Å². The van der Waals surface area contributed by atoms with E-state index >= 15 is 0 Å². The third kappa shape index (κ3) is 1.69. The lowest BCUT2D eigenvalue weighted by molar-refractivity contribution is -0.116. The number of hydrogen-bond donors (Lipinski definition) is 2. The lowest BCUT2D eigenvalue weighted by atomic mass is 9.95. The minimum atomic E-state index is -0.607. The lowest BCUT2D eigenvalue weighted by Gasteiger charge is -2.24. The molecule has 1 heterocycles. The van der Waals surface area contributed by atoms with E-state index < -0.39 is 5.54 Å². The molecule has 2 aliphatic carbocycles. The zero-order valence-electron chi connectivity index (χ0n) is 10.1. The second-order valence-electron chi connectivity index (χ2n) is 5.90. The molecule has 1 aliphatic heterocycles. The molecule has 2 fully saturated rings. The largest absolute Gasteiger partial charge is 0.394 e. The average molecular weight is 235 g/mol. The molecule has 3 atom stereocenters. The number of aliphatic hydroxyl groups excluding tert-OH is 1. The molecule has 0 aromatic rings. The van der Waals surface area contributed by atoms with Gasteiger partial charge in [-0.05, 0) is 32.6 Å². The number of rotatable bonds is 3. The first kappa shape index (κ1) is 10.9. The Morgan fingerprint density at radius 1 is 1.47 bits per heavy atom. The predicted octanol–water partition coefficient (Wildman–Crippen LogP) is 0.340. The fourth-order valence-electron chi connectivity index (χ4n) is 2.74. The van der Waals surface area contributed by atoms with Crippen LogP contribution in [0.3, 0.4) is 0 Å². The van der Waals surface area contributed by atoms with Crippen molar-refractivity contribution in [1.29, 1.82) is 0 Å². The molecule has 0 aromatic heterocycles. The van der Waals surface area contributed by atoms with Gasteiger partial charge in [-0.25, -0.2) is 0 Å². The van der Waals surface area contributed by atoms with E-state index in [1.165, 1.54) is 6.42 Å². The zero-order chi connectivity index (χ0) is 12.2. The van der Waals surface area contributed by atoms with Crippen molar-refractivity contribution < 1.29 is 9.90 Å². The lowest BCUT2D eigenvalue weighted by Crippen LogP contribution is -2.50. The summed E-state index contributed by atoms with van der Waals surface area (Å²) in [7, 11) is 0. The summed E-state index contributed by atoms with van der Waals surface area (Å²) in [5.41, 5.74) is 1.04. The molecule has 3 aliphatic rings. The molecular formula is C12H17N3O2. The molecule has 2 N–H and O–H groups in total. The first-order valence-corrected chi connectivity index (χ1v) is 6.10. The van der Waals surface area contributed by atoms with Gasteiger partial charge in [-0.3, -0.25) is 4.79 Å². The summed E-state index contributed by atoms with van der Waals surface area (Å²) >= 11 is 0. The van der Waals surface area contributed by atoms with Crippen LogP contribution in [-0.4, -0.2) is 34.6 Å². The van der Waals surface area contributed by atoms with Crippen LogP contribution in [0.15, 0.2) is 10.2 Å². The molecule has 0 saturated heterocycles. The van der Waals surface area contributed by atoms with E-state index in [0.717, 1.165) is 18.1 Å². The van der Waals surface area contributed by atoms with Crippen molar-refractivity contribution in [3.05, 3.63) is 0 Å². The highest BCUT2D eigenvalue weighted by Crippen LogP contribution is 2.54. The van der Waals surface area contributed by atoms with Crippen LogP contribution in [0.2, 0.25) is 0 Å². The number of nitrogens with one attached hydrogen (secondary N) is 1.